The van der Waals surface area contributed by atoms with E-state index in [1.165, 1.54) is 0 Å². The molecular weight excluding hydrogens is 287 g/mol. The van der Waals surface area contributed by atoms with Crippen LogP contribution in [0.5, 0.6) is 5.75 Å². The molecule has 0 bridgehead atoms. The van der Waals surface area contributed by atoms with Crippen molar-refractivity contribution in [1.29, 1.82) is 0 Å². The fraction of sp³-hybridized carbons (Fsp3) is 0.600. The first kappa shape index (κ1) is 20.9. The molecule has 0 fully saturated rings. The lowest BCUT2D eigenvalue weighted by molar-refractivity contribution is -0.148. The number of benzene rings is 1. The van der Waals surface area contributed by atoms with Crippen LogP contribution in [-0.2, 0) is 4.74 Å². The molecule has 0 aliphatic carbocycles. The fourth-order valence-electron chi connectivity index (χ4n) is 1.27. The maximum atomic E-state index is 9.92. The van der Waals surface area contributed by atoms with Crippen molar-refractivity contribution < 1.29 is 29.7 Å². The van der Waals surface area contributed by atoms with Gasteiger partial charge >= 0.3 is 7.32 Å². The summed E-state index contributed by atoms with van der Waals surface area (Å²) in [6, 6.07) is 9.72. The quantitative estimate of drug-likeness (QED) is 0.442. The monoisotopic (exact) mass is 314 g/mol. The van der Waals surface area contributed by atoms with Crippen LogP contribution in [0.2, 0.25) is 0 Å². The van der Waals surface area contributed by atoms with Crippen LogP contribution < -0.4 is 4.74 Å². The van der Waals surface area contributed by atoms with Crippen molar-refractivity contribution in [2.45, 2.75) is 45.3 Å². The van der Waals surface area contributed by atoms with E-state index in [2.05, 4.69) is 0 Å². The Morgan fingerprint density at radius 3 is 1.91 bits per heavy atom. The summed E-state index contributed by atoms with van der Waals surface area (Å²) in [5, 5.41) is 31.4. The third-order valence-corrected chi connectivity index (χ3v) is 3.24. The molecule has 0 amide bonds. The molecule has 0 atom stereocenters. The zero-order valence-corrected chi connectivity index (χ0v) is 13.7. The Morgan fingerprint density at radius 1 is 0.955 bits per heavy atom. The van der Waals surface area contributed by atoms with Gasteiger partial charge in [-0.15, -0.1) is 0 Å². The van der Waals surface area contributed by atoms with Gasteiger partial charge in [-0.25, -0.2) is 0 Å². The lowest BCUT2D eigenvalue weighted by Crippen LogP contribution is -2.47. The van der Waals surface area contributed by atoms with Crippen LogP contribution in [0.3, 0.4) is 0 Å². The van der Waals surface area contributed by atoms with E-state index >= 15 is 0 Å². The van der Waals surface area contributed by atoms with Gasteiger partial charge in [-0.2, -0.15) is 0 Å². The van der Waals surface area contributed by atoms with Gasteiger partial charge in [0.2, 0.25) is 0 Å². The number of ether oxygens (including phenoxy) is 2. The van der Waals surface area contributed by atoms with Crippen molar-refractivity contribution in [1.82, 2.24) is 0 Å². The summed E-state index contributed by atoms with van der Waals surface area (Å²) >= 11 is 0. The number of hydrogen-bond donors (Lipinski definition) is 4. The predicted molar refractivity (Wildman–Crippen MR) is 85.3 cm³/mol. The average Bonchev–Trinajstić information content (AvgIpc) is 2.37. The molecule has 0 spiro atoms. The second-order valence-corrected chi connectivity index (χ2v) is 5.78. The van der Waals surface area contributed by atoms with Gasteiger partial charge in [0.1, 0.15) is 5.75 Å². The van der Waals surface area contributed by atoms with Crippen LogP contribution in [0.4, 0.5) is 0 Å². The van der Waals surface area contributed by atoms with E-state index in [9.17, 15) is 5.11 Å². The van der Waals surface area contributed by atoms with Crippen molar-refractivity contribution in [2.75, 3.05) is 13.2 Å². The fourth-order valence-corrected chi connectivity index (χ4v) is 1.27. The molecule has 0 unspecified atom stereocenters. The van der Waals surface area contributed by atoms with E-state index in [0.29, 0.717) is 13.2 Å². The van der Waals surface area contributed by atoms with Gasteiger partial charge < -0.3 is 29.7 Å². The smallest absolute Gasteiger partial charge is 0.494 e. The average molecular weight is 314 g/mol. The Balaban J connectivity index is 0.000000980. The summed E-state index contributed by atoms with van der Waals surface area (Å²) in [5.41, 5.74) is -1.41. The lowest BCUT2D eigenvalue weighted by Gasteiger charge is -2.37. The number of para-hydroxylation sites is 1. The van der Waals surface area contributed by atoms with E-state index in [4.69, 9.17) is 24.5 Å². The van der Waals surface area contributed by atoms with Crippen LogP contribution in [0.15, 0.2) is 30.3 Å². The maximum absolute atomic E-state index is 9.92. The largest absolute Gasteiger partial charge is 0.631 e. The Hall–Kier alpha value is -1.12. The molecule has 0 heterocycles. The summed E-state index contributed by atoms with van der Waals surface area (Å²) < 4.78 is 11.3. The molecule has 1 rings (SSSR count). The molecule has 7 heteroatoms. The van der Waals surface area contributed by atoms with Gasteiger partial charge in [-0.3, -0.25) is 0 Å². The zero-order chi connectivity index (χ0) is 17.2. The Morgan fingerprint density at radius 2 is 1.45 bits per heavy atom. The summed E-state index contributed by atoms with van der Waals surface area (Å²) in [4.78, 5) is 0. The summed E-state index contributed by atoms with van der Waals surface area (Å²) in [7, 11) is -2.17. The van der Waals surface area contributed by atoms with Crippen LogP contribution in [-0.4, -0.2) is 51.9 Å². The summed E-state index contributed by atoms with van der Waals surface area (Å²) in [6.07, 6.45) is 0.800. The van der Waals surface area contributed by atoms with E-state index in [1.54, 1.807) is 13.8 Å². The van der Waals surface area contributed by atoms with Crippen LogP contribution in [0.25, 0.3) is 0 Å². The molecule has 1 aromatic carbocycles. The molecule has 126 valence electrons. The van der Waals surface area contributed by atoms with Gasteiger partial charge in [0.05, 0.1) is 24.4 Å². The van der Waals surface area contributed by atoms with Gasteiger partial charge in [0.15, 0.2) is 0 Å². The molecule has 0 saturated heterocycles. The van der Waals surface area contributed by atoms with Crippen LogP contribution >= 0.6 is 0 Å². The zero-order valence-electron chi connectivity index (χ0n) is 13.7. The molecule has 4 N–H and O–H groups in total. The Kier molecular flexibility index (Phi) is 9.31. The molecule has 0 radical (unpaired) electrons. The highest BCUT2D eigenvalue weighted by molar-refractivity contribution is 6.30. The first-order valence-corrected chi connectivity index (χ1v) is 7.14. The number of hydrogen-bond acceptors (Lipinski definition) is 6. The molecule has 0 aliphatic heterocycles. The van der Waals surface area contributed by atoms with E-state index in [0.717, 1.165) is 12.2 Å². The van der Waals surface area contributed by atoms with Gasteiger partial charge in [-0.1, -0.05) is 18.2 Å². The SMILES string of the molecule is CC(C)(O)C(C)(C)OCCCOc1ccccc1.OB(O)O. The third kappa shape index (κ3) is 9.75. The topological polar surface area (TPSA) is 99.4 Å². The van der Waals surface area contributed by atoms with E-state index < -0.39 is 18.5 Å². The minimum Gasteiger partial charge on any atom is -0.494 e. The van der Waals surface area contributed by atoms with Crippen molar-refractivity contribution in [3.05, 3.63) is 30.3 Å². The lowest BCUT2D eigenvalue weighted by atomic mass is 9.89. The highest BCUT2D eigenvalue weighted by Gasteiger charge is 2.35. The van der Waals surface area contributed by atoms with Crippen molar-refractivity contribution in [3.63, 3.8) is 0 Å². The molecule has 6 nitrogen and oxygen atoms in total. The summed E-state index contributed by atoms with van der Waals surface area (Å²) in [6.45, 7) is 8.49. The van der Waals surface area contributed by atoms with Gasteiger partial charge in [0.25, 0.3) is 0 Å². The molecule has 22 heavy (non-hydrogen) atoms. The van der Waals surface area contributed by atoms with Crippen molar-refractivity contribution in [2.24, 2.45) is 0 Å². The number of aliphatic hydroxyl groups is 1. The van der Waals surface area contributed by atoms with Crippen molar-refractivity contribution >= 4 is 7.32 Å². The second-order valence-electron chi connectivity index (χ2n) is 5.78. The minimum atomic E-state index is -2.17. The highest BCUT2D eigenvalue weighted by atomic mass is 16.5. The molecular formula is C15H27BO6. The highest BCUT2D eigenvalue weighted by Crippen LogP contribution is 2.24. The predicted octanol–water partition coefficient (Wildman–Crippen LogP) is 0.970. The molecule has 1 aromatic rings. The standard InChI is InChI=1S/C15H24O3.BH3O3/c1-14(2,16)15(3,4)18-12-8-11-17-13-9-6-5-7-10-13;2-1(3)4/h5-7,9-10,16H,8,11-12H2,1-4H3;2-4H. The Bertz CT molecular complexity index is 386. The molecule has 0 aromatic heterocycles. The first-order valence-electron chi connectivity index (χ1n) is 7.14. The minimum absolute atomic E-state index is 0.556. The molecule has 0 saturated carbocycles. The molecule has 0 aliphatic rings. The third-order valence-electron chi connectivity index (χ3n) is 3.24. The van der Waals surface area contributed by atoms with Crippen LogP contribution in [0.1, 0.15) is 34.1 Å². The number of rotatable bonds is 7. The first-order chi connectivity index (χ1) is 10.1. The van der Waals surface area contributed by atoms with Gasteiger partial charge in [0, 0.05) is 6.42 Å². The normalized spacial score (nSPS) is 11.5. The van der Waals surface area contributed by atoms with Crippen molar-refractivity contribution in [3.8, 4) is 5.75 Å². The Labute approximate surface area is 132 Å². The maximum Gasteiger partial charge on any atom is 0.631 e. The van der Waals surface area contributed by atoms with E-state index in [1.807, 2.05) is 44.2 Å². The van der Waals surface area contributed by atoms with Gasteiger partial charge in [-0.05, 0) is 39.8 Å². The summed E-state index contributed by atoms with van der Waals surface area (Å²) in [5.74, 6) is 0.874. The van der Waals surface area contributed by atoms with E-state index in [-0.39, 0.29) is 0 Å². The second kappa shape index (κ2) is 9.81. The van der Waals surface area contributed by atoms with Crippen LogP contribution in [0, 0.1) is 0 Å².